The van der Waals surface area contributed by atoms with Crippen LogP contribution in [-0.4, -0.2) is 44.0 Å². The average Bonchev–Trinajstić information content (AvgIpc) is 2.53. The molecule has 6 heteroatoms. The van der Waals surface area contributed by atoms with Gasteiger partial charge >= 0.3 is 0 Å². The maximum atomic E-state index is 11.8. The Kier molecular flexibility index (Phi) is 8.75. The largest absolute Gasteiger partial charge is 0.484 e. The molecule has 0 saturated heterocycles. The summed E-state index contributed by atoms with van der Waals surface area (Å²) in [6.45, 7) is 0.711. The Morgan fingerprint density at radius 1 is 1.09 bits per heavy atom. The number of rotatable bonds is 10. The molecule has 0 aliphatic heterocycles. The molecule has 0 heterocycles. The van der Waals surface area contributed by atoms with E-state index in [2.05, 4.69) is 5.32 Å². The van der Waals surface area contributed by atoms with E-state index in [4.69, 9.17) is 10.5 Å². The summed E-state index contributed by atoms with van der Waals surface area (Å²) in [4.78, 5) is 24.7. The van der Waals surface area contributed by atoms with E-state index >= 15 is 0 Å². The molecule has 0 aliphatic carbocycles. The van der Waals surface area contributed by atoms with Crippen LogP contribution in [0.2, 0.25) is 0 Å². The second kappa shape index (κ2) is 10.6. The third-order valence-electron chi connectivity index (χ3n) is 3.36. The zero-order valence-corrected chi connectivity index (χ0v) is 14.0. The average molecular weight is 321 g/mol. The lowest BCUT2D eigenvalue weighted by Gasteiger charge is -2.11. The number of amides is 2. The highest BCUT2D eigenvalue weighted by Gasteiger charge is 2.06. The lowest BCUT2D eigenvalue weighted by Crippen LogP contribution is -2.27. The van der Waals surface area contributed by atoms with Crippen molar-refractivity contribution < 1.29 is 14.3 Å². The molecule has 0 radical (unpaired) electrons. The zero-order valence-electron chi connectivity index (χ0n) is 14.0. The summed E-state index contributed by atoms with van der Waals surface area (Å²) in [7, 11) is 3.36. The molecule has 6 nitrogen and oxygen atoms in total. The first kappa shape index (κ1) is 19.0. The van der Waals surface area contributed by atoms with Crippen LogP contribution in [0.25, 0.3) is 0 Å². The van der Waals surface area contributed by atoms with E-state index in [1.807, 2.05) is 0 Å². The van der Waals surface area contributed by atoms with E-state index in [1.54, 1.807) is 38.4 Å². The van der Waals surface area contributed by atoms with Crippen LogP contribution in [0.5, 0.6) is 5.75 Å². The second-order valence-electron chi connectivity index (χ2n) is 5.60. The van der Waals surface area contributed by atoms with Crippen LogP contribution in [0.15, 0.2) is 24.3 Å². The molecule has 0 unspecified atom stereocenters. The number of anilines is 1. The molecular weight excluding hydrogens is 294 g/mol. The molecule has 0 atom stereocenters. The topological polar surface area (TPSA) is 84.7 Å². The lowest BCUT2D eigenvalue weighted by molar-refractivity contribution is -0.130. The first-order valence-electron chi connectivity index (χ1n) is 7.96. The SMILES string of the molecule is CN(C)C(=O)COc1ccc(NC(=O)CCCCCCN)cc1. The summed E-state index contributed by atoms with van der Waals surface area (Å²) >= 11 is 0. The number of ether oxygens (including phenoxy) is 1. The highest BCUT2D eigenvalue weighted by molar-refractivity contribution is 5.90. The van der Waals surface area contributed by atoms with Crippen molar-refractivity contribution in [3.05, 3.63) is 24.3 Å². The number of nitrogens with one attached hydrogen (secondary N) is 1. The van der Waals surface area contributed by atoms with Crippen molar-refractivity contribution in [2.24, 2.45) is 5.73 Å². The monoisotopic (exact) mass is 321 g/mol. The van der Waals surface area contributed by atoms with Crippen LogP contribution in [0.3, 0.4) is 0 Å². The van der Waals surface area contributed by atoms with Gasteiger partial charge in [-0.2, -0.15) is 0 Å². The van der Waals surface area contributed by atoms with Crippen molar-refractivity contribution in [3.8, 4) is 5.75 Å². The predicted molar refractivity (Wildman–Crippen MR) is 91.4 cm³/mol. The maximum absolute atomic E-state index is 11.8. The van der Waals surface area contributed by atoms with Crippen molar-refractivity contribution in [2.45, 2.75) is 32.1 Å². The first-order chi connectivity index (χ1) is 11.0. The van der Waals surface area contributed by atoms with Crippen LogP contribution in [0, 0.1) is 0 Å². The van der Waals surface area contributed by atoms with Gasteiger partial charge in [0, 0.05) is 26.2 Å². The second-order valence-corrected chi connectivity index (χ2v) is 5.60. The van der Waals surface area contributed by atoms with E-state index in [9.17, 15) is 9.59 Å². The number of hydrogen-bond acceptors (Lipinski definition) is 4. The predicted octanol–water partition coefficient (Wildman–Crippen LogP) is 2.00. The number of benzene rings is 1. The van der Waals surface area contributed by atoms with Gasteiger partial charge < -0.3 is 20.7 Å². The molecule has 1 aromatic rings. The minimum Gasteiger partial charge on any atom is -0.484 e. The van der Waals surface area contributed by atoms with Crippen molar-refractivity contribution in [1.29, 1.82) is 0 Å². The summed E-state index contributed by atoms with van der Waals surface area (Å²) < 4.78 is 5.38. The van der Waals surface area contributed by atoms with Crippen LogP contribution in [-0.2, 0) is 9.59 Å². The van der Waals surface area contributed by atoms with E-state index < -0.39 is 0 Å². The van der Waals surface area contributed by atoms with Crippen LogP contribution < -0.4 is 15.8 Å². The summed E-state index contributed by atoms with van der Waals surface area (Å²) in [5.74, 6) is 0.506. The molecule has 23 heavy (non-hydrogen) atoms. The fraction of sp³-hybridized carbons (Fsp3) is 0.529. The summed E-state index contributed by atoms with van der Waals surface area (Å²) in [5, 5.41) is 2.85. The highest BCUT2D eigenvalue weighted by atomic mass is 16.5. The minimum atomic E-state index is -0.1000. The first-order valence-corrected chi connectivity index (χ1v) is 7.96. The van der Waals surface area contributed by atoms with Gasteiger partial charge in [-0.15, -0.1) is 0 Å². The molecule has 0 bridgehead atoms. The minimum absolute atomic E-state index is 0.00149. The highest BCUT2D eigenvalue weighted by Crippen LogP contribution is 2.16. The Balaban J connectivity index is 2.30. The van der Waals surface area contributed by atoms with Crippen LogP contribution >= 0.6 is 0 Å². The Morgan fingerprint density at radius 2 is 1.74 bits per heavy atom. The molecule has 0 fully saturated rings. The lowest BCUT2D eigenvalue weighted by atomic mass is 10.1. The van der Waals surface area contributed by atoms with Gasteiger partial charge in [-0.25, -0.2) is 0 Å². The molecule has 0 spiro atoms. The summed E-state index contributed by atoms with van der Waals surface area (Å²) in [5.41, 5.74) is 6.15. The van der Waals surface area contributed by atoms with Gasteiger partial charge in [0.15, 0.2) is 6.61 Å². The number of nitrogens with two attached hydrogens (primary N) is 1. The number of nitrogens with zero attached hydrogens (tertiary/aromatic N) is 1. The van der Waals surface area contributed by atoms with Crippen LogP contribution in [0.1, 0.15) is 32.1 Å². The number of hydrogen-bond donors (Lipinski definition) is 2. The molecule has 0 saturated carbocycles. The smallest absolute Gasteiger partial charge is 0.259 e. The number of unbranched alkanes of at least 4 members (excludes halogenated alkanes) is 3. The summed E-state index contributed by atoms with van der Waals surface area (Å²) in [6.07, 6.45) is 4.50. The van der Waals surface area contributed by atoms with E-state index in [-0.39, 0.29) is 18.4 Å². The maximum Gasteiger partial charge on any atom is 0.259 e. The Hall–Kier alpha value is -2.08. The van der Waals surface area contributed by atoms with E-state index in [0.29, 0.717) is 18.7 Å². The fourth-order valence-electron chi connectivity index (χ4n) is 1.92. The van der Waals surface area contributed by atoms with Gasteiger partial charge in [0.1, 0.15) is 5.75 Å². The van der Waals surface area contributed by atoms with Gasteiger partial charge in [-0.1, -0.05) is 12.8 Å². The molecule has 0 aliphatic rings. The van der Waals surface area contributed by atoms with Crippen molar-refractivity contribution in [2.75, 3.05) is 32.6 Å². The van der Waals surface area contributed by atoms with Gasteiger partial charge in [0.2, 0.25) is 5.91 Å². The van der Waals surface area contributed by atoms with E-state index in [1.165, 1.54) is 4.90 Å². The zero-order chi connectivity index (χ0) is 17.1. The van der Waals surface area contributed by atoms with Crippen molar-refractivity contribution in [3.63, 3.8) is 0 Å². The molecule has 1 aromatic carbocycles. The molecule has 2 amide bonds. The van der Waals surface area contributed by atoms with Gasteiger partial charge in [0.25, 0.3) is 5.91 Å². The van der Waals surface area contributed by atoms with Crippen LogP contribution in [0.4, 0.5) is 5.69 Å². The molecular formula is C17H27N3O3. The van der Waals surface area contributed by atoms with Gasteiger partial charge in [-0.05, 0) is 43.7 Å². The number of likely N-dealkylation sites (N-methyl/N-ethyl adjacent to an activating group) is 1. The van der Waals surface area contributed by atoms with Gasteiger partial charge in [0.05, 0.1) is 0 Å². The van der Waals surface area contributed by atoms with E-state index in [0.717, 1.165) is 31.4 Å². The standard InChI is InChI=1S/C17H27N3O3/c1-20(2)17(22)13-23-15-10-8-14(9-11-15)19-16(21)7-5-3-4-6-12-18/h8-11H,3-7,12-13,18H2,1-2H3,(H,19,21). The van der Waals surface area contributed by atoms with Crippen molar-refractivity contribution >= 4 is 17.5 Å². The fourth-order valence-corrected chi connectivity index (χ4v) is 1.92. The summed E-state index contributed by atoms with van der Waals surface area (Å²) in [6, 6.07) is 7.00. The number of carbonyl (C=O) groups excluding carboxylic acids is 2. The third kappa shape index (κ3) is 8.21. The Labute approximate surface area is 138 Å². The third-order valence-corrected chi connectivity index (χ3v) is 3.36. The van der Waals surface area contributed by atoms with Crippen molar-refractivity contribution in [1.82, 2.24) is 4.90 Å². The Bertz CT molecular complexity index is 486. The molecule has 0 aromatic heterocycles. The van der Waals surface area contributed by atoms with Gasteiger partial charge in [-0.3, -0.25) is 9.59 Å². The number of carbonyl (C=O) groups is 2. The molecule has 3 N–H and O–H groups in total. The molecule has 128 valence electrons. The normalized spacial score (nSPS) is 10.2. The molecule has 1 rings (SSSR count). The Morgan fingerprint density at radius 3 is 2.35 bits per heavy atom. The quantitative estimate of drug-likeness (QED) is 0.646.